The van der Waals surface area contributed by atoms with Crippen LogP contribution in [0.1, 0.15) is 59.3 Å². The summed E-state index contributed by atoms with van der Waals surface area (Å²) in [5.74, 6) is 2.41. The largest absolute Gasteiger partial charge is 0.342 e. The van der Waals surface area contributed by atoms with Crippen molar-refractivity contribution < 1.29 is 4.79 Å². The molecular formula is C18H29NO. The number of amides is 1. The fourth-order valence-electron chi connectivity index (χ4n) is 4.04. The highest BCUT2D eigenvalue weighted by atomic mass is 16.2. The van der Waals surface area contributed by atoms with Gasteiger partial charge in [0, 0.05) is 19.0 Å². The van der Waals surface area contributed by atoms with Gasteiger partial charge in [0.1, 0.15) is 0 Å². The lowest BCUT2D eigenvalue weighted by atomic mass is 9.78. The summed E-state index contributed by atoms with van der Waals surface area (Å²) in [4.78, 5) is 14.4. The highest BCUT2D eigenvalue weighted by Gasteiger charge is 2.55. The second kappa shape index (κ2) is 5.20. The third-order valence-electron chi connectivity index (χ3n) is 6.09. The predicted octanol–water partition coefficient (Wildman–Crippen LogP) is 4.02. The minimum absolute atomic E-state index is 0.375. The molecule has 2 heteroatoms. The van der Waals surface area contributed by atoms with Gasteiger partial charge in [0.2, 0.25) is 5.91 Å². The maximum atomic E-state index is 12.2. The van der Waals surface area contributed by atoms with Crippen LogP contribution in [0.3, 0.4) is 0 Å². The third kappa shape index (κ3) is 2.66. The van der Waals surface area contributed by atoms with Crippen molar-refractivity contribution in [3.05, 3.63) is 11.6 Å². The van der Waals surface area contributed by atoms with E-state index in [0.29, 0.717) is 17.2 Å². The summed E-state index contributed by atoms with van der Waals surface area (Å²) in [7, 11) is 0. The van der Waals surface area contributed by atoms with Crippen molar-refractivity contribution in [2.24, 2.45) is 23.2 Å². The molecule has 3 unspecified atom stereocenters. The van der Waals surface area contributed by atoms with Crippen molar-refractivity contribution in [1.29, 1.82) is 0 Å². The normalized spacial score (nSPS) is 36.5. The van der Waals surface area contributed by atoms with Gasteiger partial charge in [0.25, 0.3) is 0 Å². The first-order chi connectivity index (χ1) is 9.54. The summed E-state index contributed by atoms with van der Waals surface area (Å²) >= 11 is 0. The predicted molar refractivity (Wildman–Crippen MR) is 82.3 cm³/mol. The Balaban J connectivity index is 1.56. The van der Waals surface area contributed by atoms with Crippen LogP contribution in [0, 0.1) is 23.2 Å². The van der Waals surface area contributed by atoms with E-state index in [9.17, 15) is 4.79 Å². The molecule has 0 radical (unpaired) electrons. The average Bonchev–Trinajstić information content (AvgIpc) is 3.33. The topological polar surface area (TPSA) is 20.3 Å². The standard InChI is InChI=1S/C18H29NO/c1-4-19(17(20)14-7-8-14)12-16-11-18(16,3)15-9-5-13(2)6-10-15/h5,14-16H,4,6-12H2,1-3H3. The zero-order valence-corrected chi connectivity index (χ0v) is 13.3. The lowest BCUT2D eigenvalue weighted by Crippen LogP contribution is -2.35. The van der Waals surface area contributed by atoms with E-state index in [0.717, 1.165) is 37.8 Å². The monoisotopic (exact) mass is 275 g/mol. The molecule has 3 atom stereocenters. The van der Waals surface area contributed by atoms with E-state index in [1.165, 1.54) is 25.7 Å². The molecule has 0 N–H and O–H groups in total. The first kappa shape index (κ1) is 14.2. The maximum absolute atomic E-state index is 12.2. The molecule has 0 aromatic rings. The zero-order chi connectivity index (χ0) is 14.3. The summed E-state index contributed by atoms with van der Waals surface area (Å²) < 4.78 is 0. The van der Waals surface area contributed by atoms with Crippen molar-refractivity contribution in [3.8, 4) is 0 Å². The second-order valence-electron chi connectivity index (χ2n) is 7.58. The summed E-state index contributed by atoms with van der Waals surface area (Å²) in [6, 6.07) is 0. The van der Waals surface area contributed by atoms with Crippen LogP contribution < -0.4 is 0 Å². The van der Waals surface area contributed by atoms with Crippen LogP contribution >= 0.6 is 0 Å². The quantitative estimate of drug-likeness (QED) is 0.694. The summed E-state index contributed by atoms with van der Waals surface area (Å²) in [6.07, 6.45) is 9.94. The fourth-order valence-corrected chi connectivity index (χ4v) is 4.04. The van der Waals surface area contributed by atoms with Crippen LogP contribution in [0.2, 0.25) is 0 Å². The molecule has 2 nitrogen and oxygen atoms in total. The van der Waals surface area contributed by atoms with E-state index in [1.54, 1.807) is 5.57 Å². The Kier molecular flexibility index (Phi) is 3.68. The van der Waals surface area contributed by atoms with Gasteiger partial charge in [-0.25, -0.2) is 0 Å². The molecule has 0 spiro atoms. The highest BCUT2D eigenvalue weighted by Crippen LogP contribution is 2.60. The molecule has 0 heterocycles. The molecule has 2 fully saturated rings. The third-order valence-corrected chi connectivity index (χ3v) is 6.09. The Labute approximate surface area is 123 Å². The fraction of sp³-hybridized carbons (Fsp3) is 0.833. The van der Waals surface area contributed by atoms with E-state index in [-0.39, 0.29) is 0 Å². The van der Waals surface area contributed by atoms with Gasteiger partial charge in [-0.1, -0.05) is 18.6 Å². The Bertz CT molecular complexity index is 423. The van der Waals surface area contributed by atoms with Crippen molar-refractivity contribution >= 4 is 5.91 Å². The molecule has 0 saturated heterocycles. The van der Waals surface area contributed by atoms with Crippen LogP contribution in [-0.4, -0.2) is 23.9 Å². The minimum Gasteiger partial charge on any atom is -0.342 e. The molecule has 3 aliphatic carbocycles. The first-order valence-corrected chi connectivity index (χ1v) is 8.49. The van der Waals surface area contributed by atoms with Gasteiger partial charge in [-0.05, 0) is 69.6 Å². The summed E-state index contributed by atoms with van der Waals surface area (Å²) in [6.45, 7) is 8.77. The maximum Gasteiger partial charge on any atom is 0.225 e. The Hall–Kier alpha value is -0.790. The summed E-state index contributed by atoms with van der Waals surface area (Å²) in [5, 5.41) is 0. The van der Waals surface area contributed by atoms with Crippen molar-refractivity contribution in [2.45, 2.75) is 59.3 Å². The number of nitrogens with zero attached hydrogens (tertiary/aromatic N) is 1. The molecule has 1 amide bonds. The van der Waals surface area contributed by atoms with E-state index in [2.05, 4.69) is 31.7 Å². The van der Waals surface area contributed by atoms with E-state index < -0.39 is 0 Å². The molecule has 0 aromatic heterocycles. The molecule has 2 saturated carbocycles. The Morgan fingerprint density at radius 2 is 2.15 bits per heavy atom. The second-order valence-corrected chi connectivity index (χ2v) is 7.58. The van der Waals surface area contributed by atoms with Gasteiger partial charge in [-0.2, -0.15) is 0 Å². The lowest BCUT2D eigenvalue weighted by Gasteiger charge is -2.29. The van der Waals surface area contributed by atoms with Crippen LogP contribution in [0.4, 0.5) is 0 Å². The number of carbonyl (C=O) groups excluding carboxylic acids is 1. The minimum atomic E-state index is 0.375. The van der Waals surface area contributed by atoms with Crippen LogP contribution in [0.25, 0.3) is 0 Å². The molecular weight excluding hydrogens is 246 g/mol. The van der Waals surface area contributed by atoms with E-state index >= 15 is 0 Å². The van der Waals surface area contributed by atoms with Gasteiger partial charge in [0.05, 0.1) is 0 Å². The molecule has 0 bridgehead atoms. The zero-order valence-electron chi connectivity index (χ0n) is 13.3. The molecule has 20 heavy (non-hydrogen) atoms. The number of allylic oxidation sites excluding steroid dienone is 2. The smallest absolute Gasteiger partial charge is 0.225 e. The van der Waals surface area contributed by atoms with Crippen molar-refractivity contribution in [2.75, 3.05) is 13.1 Å². The average molecular weight is 275 g/mol. The SMILES string of the molecule is CCN(CC1CC1(C)C1CC=C(C)CC1)C(=O)C1CC1. The number of carbonyl (C=O) groups is 1. The number of hydrogen-bond donors (Lipinski definition) is 0. The Morgan fingerprint density at radius 3 is 2.70 bits per heavy atom. The number of hydrogen-bond acceptors (Lipinski definition) is 1. The van der Waals surface area contributed by atoms with Gasteiger partial charge >= 0.3 is 0 Å². The Morgan fingerprint density at radius 1 is 1.40 bits per heavy atom. The van der Waals surface area contributed by atoms with Crippen molar-refractivity contribution in [1.82, 2.24) is 4.90 Å². The van der Waals surface area contributed by atoms with E-state index in [4.69, 9.17) is 0 Å². The van der Waals surface area contributed by atoms with Crippen molar-refractivity contribution in [3.63, 3.8) is 0 Å². The van der Waals surface area contributed by atoms with Crippen LogP contribution in [0.5, 0.6) is 0 Å². The van der Waals surface area contributed by atoms with Crippen LogP contribution in [-0.2, 0) is 4.79 Å². The van der Waals surface area contributed by atoms with Gasteiger partial charge < -0.3 is 4.90 Å². The summed E-state index contributed by atoms with van der Waals surface area (Å²) in [5.41, 5.74) is 2.08. The molecule has 0 aromatic carbocycles. The first-order valence-electron chi connectivity index (χ1n) is 8.49. The van der Waals surface area contributed by atoms with E-state index in [1.807, 2.05) is 0 Å². The van der Waals surface area contributed by atoms with Crippen LogP contribution in [0.15, 0.2) is 11.6 Å². The highest BCUT2D eigenvalue weighted by molar-refractivity contribution is 5.81. The molecule has 112 valence electrons. The molecule has 3 aliphatic rings. The van der Waals surface area contributed by atoms with Gasteiger partial charge in [-0.3, -0.25) is 4.79 Å². The number of rotatable bonds is 5. The molecule has 0 aliphatic heterocycles. The van der Waals surface area contributed by atoms with Gasteiger partial charge in [0.15, 0.2) is 0 Å². The van der Waals surface area contributed by atoms with Gasteiger partial charge in [-0.15, -0.1) is 0 Å². The molecule has 3 rings (SSSR count). The lowest BCUT2D eigenvalue weighted by molar-refractivity contribution is -0.132.